The van der Waals surface area contributed by atoms with Crippen molar-refractivity contribution in [3.63, 3.8) is 0 Å². The Morgan fingerprint density at radius 3 is 2.43 bits per heavy atom. The van der Waals surface area contributed by atoms with Crippen LogP contribution in [0.3, 0.4) is 0 Å². The highest BCUT2D eigenvalue weighted by Gasteiger charge is 2.41. The number of aryl methyl sites for hydroxylation is 1. The lowest BCUT2D eigenvalue weighted by Crippen LogP contribution is -2.38. The van der Waals surface area contributed by atoms with Crippen LogP contribution in [0.5, 0.6) is 0 Å². The number of amides is 2. The molecule has 2 aromatic carbocycles. The number of Topliss-reactive ketones (excluding diaryl/α,β-unsaturated/α-hetero) is 1. The molecule has 1 aromatic heterocycles. The lowest BCUT2D eigenvalue weighted by molar-refractivity contribution is -0.116. The predicted molar refractivity (Wildman–Crippen MR) is 164 cm³/mol. The molecule has 214 valence electrons. The summed E-state index contributed by atoms with van der Waals surface area (Å²) < 4.78 is 0.550. The number of nitrogens with two attached hydrogens (primary N) is 1. The number of carbonyl (C=O) groups excluding carboxylic acids is 3. The largest absolute Gasteiger partial charge is 0.384 e. The van der Waals surface area contributed by atoms with Crippen LogP contribution in [0.2, 0.25) is 0 Å². The minimum absolute atomic E-state index is 0.00644. The molecule has 4 N–H and O–H groups in total. The quantitative estimate of drug-likeness (QED) is 0.300. The van der Waals surface area contributed by atoms with Gasteiger partial charge in [-0.25, -0.2) is 0 Å². The predicted octanol–water partition coefficient (Wildman–Crippen LogP) is 5.09. The molecule has 0 bridgehead atoms. The first-order chi connectivity index (χ1) is 20.3. The van der Waals surface area contributed by atoms with Crippen molar-refractivity contribution in [3.05, 3.63) is 82.3 Å². The minimum Gasteiger partial charge on any atom is -0.384 e. The smallest absolute Gasteiger partial charge is 0.234 e. The van der Waals surface area contributed by atoms with Crippen molar-refractivity contribution in [1.82, 2.24) is 10.2 Å². The average molecular weight is 600 g/mol. The lowest BCUT2D eigenvalue weighted by atomic mass is 9.75. The number of nitrogens with one attached hydrogen (secondary N) is 2. The van der Waals surface area contributed by atoms with Crippen molar-refractivity contribution < 1.29 is 14.4 Å². The van der Waals surface area contributed by atoms with Gasteiger partial charge in [0, 0.05) is 36.0 Å². The summed E-state index contributed by atoms with van der Waals surface area (Å²) >= 11 is 2.47. The Hall–Kier alpha value is -4.47. The topological polar surface area (TPSA) is 154 Å². The molecular weight excluding hydrogens is 571 g/mol. The van der Waals surface area contributed by atoms with Gasteiger partial charge in [0.2, 0.25) is 16.9 Å². The number of nitrogens with zero attached hydrogens (tertiary/aromatic N) is 4. The summed E-state index contributed by atoms with van der Waals surface area (Å²) in [5.74, 6) is -0.588. The number of thioether (sulfide) groups is 1. The number of hydrogen-bond donors (Lipinski definition) is 3. The molecule has 0 saturated carbocycles. The van der Waals surface area contributed by atoms with E-state index in [9.17, 15) is 19.6 Å². The first-order valence-corrected chi connectivity index (χ1v) is 15.3. The van der Waals surface area contributed by atoms with E-state index in [2.05, 4.69) is 33.8 Å². The van der Waals surface area contributed by atoms with Crippen molar-refractivity contribution in [2.24, 2.45) is 5.73 Å². The molecule has 1 unspecified atom stereocenters. The molecule has 2 aliphatic rings. The van der Waals surface area contributed by atoms with Gasteiger partial charge in [0.15, 0.2) is 10.1 Å². The van der Waals surface area contributed by atoms with Crippen LogP contribution in [-0.2, 0) is 20.8 Å². The Balaban J connectivity index is 1.35. The third kappa shape index (κ3) is 6.07. The van der Waals surface area contributed by atoms with E-state index in [4.69, 9.17) is 5.73 Å². The zero-order valence-corrected chi connectivity index (χ0v) is 24.8. The van der Waals surface area contributed by atoms with Gasteiger partial charge >= 0.3 is 0 Å². The molecule has 1 aliphatic carbocycles. The summed E-state index contributed by atoms with van der Waals surface area (Å²) in [5, 5.41) is 24.7. The highest BCUT2D eigenvalue weighted by molar-refractivity contribution is 8.01. The zero-order chi connectivity index (χ0) is 29.8. The highest BCUT2D eigenvalue weighted by Crippen LogP contribution is 2.47. The van der Waals surface area contributed by atoms with Crippen LogP contribution in [0.1, 0.15) is 50.2 Å². The number of benzene rings is 2. The molecule has 0 radical (unpaired) electrons. The molecule has 0 fully saturated rings. The number of anilines is 3. The number of allylic oxidation sites excluding steroid dienone is 3. The lowest BCUT2D eigenvalue weighted by Gasteiger charge is -2.38. The summed E-state index contributed by atoms with van der Waals surface area (Å²) in [5.41, 5.74) is 11.6. The molecule has 12 heteroatoms. The number of rotatable bonds is 8. The number of carbonyl (C=O) groups is 3. The van der Waals surface area contributed by atoms with Crippen molar-refractivity contribution in [3.8, 4) is 6.07 Å². The number of ketones is 1. The van der Waals surface area contributed by atoms with Crippen LogP contribution in [0.25, 0.3) is 0 Å². The molecule has 2 heterocycles. The first kappa shape index (κ1) is 29.0. The second-order valence-corrected chi connectivity index (χ2v) is 12.0. The van der Waals surface area contributed by atoms with Crippen molar-refractivity contribution in [1.29, 1.82) is 5.26 Å². The van der Waals surface area contributed by atoms with E-state index in [1.54, 1.807) is 29.2 Å². The molecule has 2 amide bonds. The van der Waals surface area contributed by atoms with Crippen LogP contribution in [0.15, 0.2) is 75.5 Å². The van der Waals surface area contributed by atoms with E-state index in [-0.39, 0.29) is 29.2 Å². The first-order valence-electron chi connectivity index (χ1n) is 13.5. The van der Waals surface area contributed by atoms with Crippen molar-refractivity contribution >= 4 is 57.2 Å². The molecule has 1 atom stereocenters. The normalized spacial score (nSPS) is 16.6. The Kier molecular flexibility index (Phi) is 8.70. The van der Waals surface area contributed by atoms with Crippen molar-refractivity contribution in [2.45, 2.75) is 49.8 Å². The van der Waals surface area contributed by atoms with Crippen LogP contribution < -0.4 is 21.3 Å². The third-order valence-corrected chi connectivity index (χ3v) is 9.08. The molecule has 1 aliphatic heterocycles. The van der Waals surface area contributed by atoms with Gasteiger partial charge in [-0.3, -0.25) is 19.3 Å². The van der Waals surface area contributed by atoms with Crippen LogP contribution in [-0.4, -0.2) is 33.5 Å². The van der Waals surface area contributed by atoms with Gasteiger partial charge in [-0.2, -0.15) is 5.26 Å². The van der Waals surface area contributed by atoms with E-state index >= 15 is 0 Å². The fourth-order valence-electron chi connectivity index (χ4n) is 5.10. The maximum atomic E-state index is 13.3. The van der Waals surface area contributed by atoms with Crippen molar-refractivity contribution in [2.75, 3.05) is 21.3 Å². The van der Waals surface area contributed by atoms with E-state index in [1.807, 2.05) is 24.3 Å². The Bertz CT molecular complexity index is 1640. The summed E-state index contributed by atoms with van der Waals surface area (Å²) in [6, 6.07) is 17.1. The average Bonchev–Trinajstić information content (AvgIpc) is 3.45. The second kappa shape index (κ2) is 12.6. The van der Waals surface area contributed by atoms with Gasteiger partial charge in [-0.15, -0.1) is 10.2 Å². The second-order valence-electron chi connectivity index (χ2n) is 9.86. The summed E-state index contributed by atoms with van der Waals surface area (Å²) in [6.45, 7) is 3.51. The van der Waals surface area contributed by atoms with Crippen LogP contribution in [0.4, 0.5) is 16.5 Å². The zero-order valence-electron chi connectivity index (χ0n) is 23.1. The standard InChI is InChI=1S/C30H29N7O3S2/c1-3-18-7-9-19(10-8-18)26-22(15-31)28(32)37(23-5-4-6-24(39)27(23)26)29-35-36-30(42-29)41-16-25(40)34-21-13-11-20(12-14-21)33-17(2)38/h7-14,26H,3-6,16,32H2,1-2H3,(H,33,38)(H,34,40). The van der Waals surface area contributed by atoms with E-state index in [1.165, 1.54) is 35.6 Å². The summed E-state index contributed by atoms with van der Waals surface area (Å²) in [7, 11) is 0. The molecular formula is C30H29N7O3S2. The van der Waals surface area contributed by atoms with E-state index in [0.29, 0.717) is 51.3 Å². The highest BCUT2D eigenvalue weighted by atomic mass is 32.2. The summed E-state index contributed by atoms with van der Waals surface area (Å²) in [4.78, 5) is 38.8. The Labute approximate surface area is 251 Å². The molecule has 0 spiro atoms. The van der Waals surface area contributed by atoms with Gasteiger partial charge < -0.3 is 16.4 Å². The summed E-state index contributed by atoms with van der Waals surface area (Å²) in [6.07, 6.45) is 2.60. The van der Waals surface area contributed by atoms with Gasteiger partial charge in [0.25, 0.3) is 0 Å². The number of aromatic nitrogens is 2. The molecule has 42 heavy (non-hydrogen) atoms. The number of nitriles is 1. The Morgan fingerprint density at radius 2 is 1.79 bits per heavy atom. The number of hydrogen-bond acceptors (Lipinski definition) is 10. The van der Waals surface area contributed by atoms with Gasteiger partial charge in [-0.05, 0) is 54.7 Å². The monoisotopic (exact) mass is 599 g/mol. The molecule has 5 rings (SSSR count). The van der Waals surface area contributed by atoms with Gasteiger partial charge in [0.05, 0.1) is 23.3 Å². The van der Waals surface area contributed by atoms with E-state index < -0.39 is 5.92 Å². The van der Waals surface area contributed by atoms with Gasteiger partial charge in [-0.1, -0.05) is 54.3 Å². The third-order valence-electron chi connectivity index (χ3n) is 7.04. The SMILES string of the molecule is CCc1ccc(C2C(C#N)=C(N)N(c3nnc(SCC(=O)Nc4ccc(NC(C)=O)cc4)s3)C3=C2C(=O)CCC3)cc1. The fraction of sp³-hybridized carbons (Fsp3) is 0.267. The molecule has 0 saturated heterocycles. The minimum atomic E-state index is -0.530. The van der Waals surface area contributed by atoms with Crippen LogP contribution >= 0.6 is 23.1 Å². The molecule has 3 aromatic rings. The maximum absolute atomic E-state index is 13.3. The Morgan fingerprint density at radius 1 is 1.10 bits per heavy atom. The fourth-order valence-corrected chi connectivity index (χ4v) is 6.78. The van der Waals surface area contributed by atoms with E-state index in [0.717, 1.165) is 17.7 Å². The molecule has 10 nitrogen and oxygen atoms in total. The maximum Gasteiger partial charge on any atom is 0.234 e. The van der Waals surface area contributed by atoms with Gasteiger partial charge in [0.1, 0.15) is 5.82 Å². The van der Waals surface area contributed by atoms with Crippen LogP contribution in [0, 0.1) is 11.3 Å².